The van der Waals surface area contributed by atoms with Gasteiger partial charge in [0.05, 0.1) is 7.14 Å². The van der Waals surface area contributed by atoms with E-state index in [1.807, 2.05) is 0 Å². The Hall–Kier alpha value is -2.50. The Bertz CT molecular complexity index is 1560. The van der Waals surface area contributed by atoms with Crippen LogP contribution in [0.5, 0.6) is 0 Å². The molecular weight excluding hydrogens is 1110 g/mol. The summed E-state index contributed by atoms with van der Waals surface area (Å²) < 4.78 is 535. The van der Waals surface area contributed by atoms with Gasteiger partial charge in [-0.3, -0.25) is 0 Å². The summed E-state index contributed by atoms with van der Waals surface area (Å²) >= 11 is 0. The van der Waals surface area contributed by atoms with Crippen LogP contribution in [0.25, 0.3) is 0 Å². The average molecular weight is 1130 g/mol. The molecule has 0 saturated heterocycles. The van der Waals surface area contributed by atoms with E-state index in [9.17, 15) is 176 Å². The monoisotopic (exact) mass is 1130 g/mol. The Kier molecular flexibility index (Phi) is 17.3. The largest absolute Gasteiger partial charge is 0.460 e. The van der Waals surface area contributed by atoms with Gasteiger partial charge >= 0.3 is 107 Å². The summed E-state index contributed by atoms with van der Waals surface area (Å²) in [6.45, 7) is 0. The molecule has 0 aliphatic rings. The van der Waals surface area contributed by atoms with Crippen molar-refractivity contribution in [2.45, 2.75) is 146 Å². The second-order valence-electron chi connectivity index (χ2n) is 14.0. The molecule has 0 atom stereocenters. The maximum absolute atomic E-state index is 14.2. The summed E-state index contributed by atoms with van der Waals surface area (Å²) in [4.78, 5) is 0. The molecule has 0 radical (unpaired) electrons. The van der Waals surface area contributed by atoms with Crippen LogP contribution < -0.4 is 0 Å². The molecule has 0 amide bonds. The molecule has 0 aromatic rings. The molecule has 68 heavy (non-hydrogen) atoms. The van der Waals surface area contributed by atoms with Gasteiger partial charge in [0.2, 0.25) is 0 Å². The van der Waals surface area contributed by atoms with Crippen molar-refractivity contribution in [2.75, 3.05) is 18.5 Å². The first-order valence-electron chi connectivity index (χ1n) is 16.3. The third-order valence-corrected chi connectivity index (χ3v) is 12.6. The normalized spacial score (nSPS) is 16.8. The minimum atomic E-state index is -8.62. The van der Waals surface area contributed by atoms with Crippen molar-refractivity contribution >= 4 is 7.14 Å². The lowest BCUT2D eigenvalue weighted by Gasteiger charge is -2.40. The molecule has 0 heterocycles. The Morgan fingerprint density at radius 1 is 0.206 bits per heavy atom. The summed E-state index contributed by atoms with van der Waals surface area (Å²) in [5.74, 6) is -123. The lowest BCUT2D eigenvalue weighted by Crippen LogP contribution is -2.70. The van der Waals surface area contributed by atoms with E-state index in [1.165, 1.54) is 0 Å². The van der Waals surface area contributed by atoms with Gasteiger partial charge < -0.3 is 4.57 Å². The highest BCUT2D eigenvalue weighted by atomic mass is 31.2. The highest BCUT2D eigenvalue weighted by molar-refractivity contribution is 7.63. The molecule has 0 unspecified atom stereocenters. The topological polar surface area (TPSA) is 17.1 Å². The highest BCUT2D eigenvalue weighted by Crippen LogP contribution is 2.65. The van der Waals surface area contributed by atoms with Gasteiger partial charge in [-0.05, 0) is 19.3 Å². The second-order valence-corrected chi connectivity index (χ2v) is 17.5. The van der Waals surface area contributed by atoms with Crippen LogP contribution >= 0.6 is 7.14 Å². The van der Waals surface area contributed by atoms with Gasteiger partial charge in [-0.1, -0.05) is 0 Å². The Morgan fingerprint density at radius 2 is 0.338 bits per heavy atom. The smallest absolute Gasteiger partial charge is 0.324 e. The van der Waals surface area contributed by atoms with E-state index in [0.717, 1.165) is 0 Å². The van der Waals surface area contributed by atoms with Crippen molar-refractivity contribution < 1.29 is 176 Å². The van der Waals surface area contributed by atoms with Gasteiger partial charge in [-0.25, -0.2) is 0 Å². The standard InChI is InChI=1S/C27H18F39OP/c28-10(29,13(34,35)16(40,41)19(46,47)22(52,53)25(58,59)60)4-1-7-68(67,8-2-5-11(30,31)14(36,37)17(42,43)20(48,49)23(54,55)26(61,62)63)9-3-6-12(32,33)15(38,39)18(44,45)21(50,51)24(56,57)27(64,65)66/h1-9H2. The van der Waals surface area contributed by atoms with E-state index in [1.54, 1.807) is 0 Å². The Labute approximate surface area is 348 Å². The van der Waals surface area contributed by atoms with Gasteiger partial charge in [-0.2, -0.15) is 171 Å². The number of rotatable bonds is 24. The molecule has 0 rings (SSSR count). The maximum Gasteiger partial charge on any atom is 0.460 e. The van der Waals surface area contributed by atoms with E-state index >= 15 is 0 Å². The Balaban J connectivity index is 7.18. The van der Waals surface area contributed by atoms with Crippen LogP contribution in [0.1, 0.15) is 38.5 Å². The first kappa shape index (κ1) is 65.5. The molecule has 41 heteroatoms. The van der Waals surface area contributed by atoms with Crippen LogP contribution in [0.2, 0.25) is 0 Å². The summed E-state index contributed by atoms with van der Waals surface area (Å²) in [5, 5.41) is 0. The third-order valence-electron chi connectivity index (χ3n) is 9.16. The minimum absolute atomic E-state index is 2.55. The fraction of sp³-hybridized carbons (Fsp3) is 1.00. The molecule has 0 fully saturated rings. The molecule has 0 aliphatic carbocycles. The molecule has 0 saturated carbocycles. The molecule has 0 N–H and O–H groups in total. The predicted molar refractivity (Wildman–Crippen MR) is 142 cm³/mol. The molecule has 410 valence electrons. The van der Waals surface area contributed by atoms with Gasteiger partial charge in [-0.15, -0.1) is 0 Å². The first-order valence-corrected chi connectivity index (χ1v) is 18.6. The van der Waals surface area contributed by atoms with E-state index < -0.39 is 172 Å². The van der Waals surface area contributed by atoms with Crippen molar-refractivity contribution in [1.29, 1.82) is 0 Å². The summed E-state index contributed by atoms with van der Waals surface area (Å²) in [7, 11) is -6.05. The van der Waals surface area contributed by atoms with Gasteiger partial charge in [0.15, 0.2) is 0 Å². The molecular formula is C27H18F39OP. The van der Waals surface area contributed by atoms with Crippen LogP contribution in [0, 0.1) is 0 Å². The number of halogens is 39. The zero-order valence-electron chi connectivity index (χ0n) is 31.0. The average Bonchev–Trinajstić information content (AvgIpc) is 3.08. The fourth-order valence-electron chi connectivity index (χ4n) is 4.98. The van der Waals surface area contributed by atoms with Crippen molar-refractivity contribution in [3.63, 3.8) is 0 Å². The predicted octanol–water partition coefficient (Wildman–Crippen LogP) is 15.9. The first-order chi connectivity index (χ1) is 28.9. The number of alkyl halides is 39. The quantitative estimate of drug-likeness (QED) is 0.0695. The van der Waals surface area contributed by atoms with Crippen LogP contribution in [-0.4, -0.2) is 126 Å². The van der Waals surface area contributed by atoms with Gasteiger partial charge in [0.25, 0.3) is 0 Å². The highest BCUT2D eigenvalue weighted by Gasteiger charge is 2.93. The number of hydrogen-bond donors (Lipinski definition) is 0. The van der Waals surface area contributed by atoms with Crippen LogP contribution in [0.3, 0.4) is 0 Å². The lowest BCUT2D eigenvalue weighted by atomic mass is 9.92. The molecule has 0 aliphatic heterocycles. The molecule has 0 aromatic heterocycles. The molecule has 1 nitrogen and oxygen atoms in total. The fourth-order valence-corrected chi connectivity index (χ4v) is 7.85. The maximum atomic E-state index is 14.2. The van der Waals surface area contributed by atoms with Crippen molar-refractivity contribution in [3.05, 3.63) is 0 Å². The molecule has 0 aromatic carbocycles. The van der Waals surface area contributed by atoms with E-state index in [0.29, 0.717) is 0 Å². The minimum Gasteiger partial charge on any atom is -0.324 e. The summed E-state index contributed by atoms with van der Waals surface area (Å²) in [6.07, 6.45) is -50.3. The van der Waals surface area contributed by atoms with E-state index in [2.05, 4.69) is 0 Å². The third kappa shape index (κ3) is 10.1. The zero-order valence-corrected chi connectivity index (χ0v) is 31.9. The number of hydrogen-bond acceptors (Lipinski definition) is 1. The van der Waals surface area contributed by atoms with Crippen LogP contribution in [0.4, 0.5) is 171 Å². The summed E-state index contributed by atoms with van der Waals surface area (Å²) in [5.41, 5.74) is 0. The molecule has 0 bridgehead atoms. The van der Waals surface area contributed by atoms with Crippen LogP contribution in [0.15, 0.2) is 0 Å². The van der Waals surface area contributed by atoms with Crippen molar-refractivity contribution in [1.82, 2.24) is 0 Å². The summed E-state index contributed by atoms with van der Waals surface area (Å²) in [6, 6.07) is 0. The van der Waals surface area contributed by atoms with E-state index in [4.69, 9.17) is 0 Å². The SMILES string of the molecule is O=P(CCCC(F)(F)C(F)(F)C(F)(F)C(F)(F)C(F)(F)C(F)(F)F)(CCCC(F)(F)C(F)(F)C(F)(F)C(F)(F)C(F)(F)C(F)(F)F)CCCC(F)(F)C(F)(F)C(F)(F)C(F)(F)C(F)(F)C(F)(F)F. The Morgan fingerprint density at radius 3 is 0.471 bits per heavy atom. The van der Waals surface area contributed by atoms with Gasteiger partial charge in [0.1, 0.15) is 0 Å². The van der Waals surface area contributed by atoms with Gasteiger partial charge in [0, 0.05) is 37.7 Å². The van der Waals surface area contributed by atoms with Crippen molar-refractivity contribution in [3.8, 4) is 0 Å². The van der Waals surface area contributed by atoms with E-state index in [-0.39, 0.29) is 0 Å². The molecule has 0 spiro atoms. The lowest BCUT2D eigenvalue weighted by molar-refractivity contribution is -0.440. The van der Waals surface area contributed by atoms with Crippen LogP contribution in [-0.2, 0) is 4.57 Å². The zero-order chi connectivity index (χ0) is 55.9. The second kappa shape index (κ2) is 17.9. The van der Waals surface area contributed by atoms with Crippen molar-refractivity contribution in [2.24, 2.45) is 0 Å².